The lowest BCUT2D eigenvalue weighted by Crippen LogP contribution is -2.27. The molecule has 0 amide bonds. The summed E-state index contributed by atoms with van der Waals surface area (Å²) < 4.78 is 12.9. The maximum atomic E-state index is 10.2. The normalized spacial score (nSPS) is 20.6. The van der Waals surface area contributed by atoms with Crippen molar-refractivity contribution in [3.8, 4) is 24.0 Å². The molecule has 53 heavy (non-hydrogen) atoms. The molecule has 0 N–H and O–H groups in total. The van der Waals surface area contributed by atoms with E-state index in [1.54, 1.807) is 0 Å². The summed E-state index contributed by atoms with van der Waals surface area (Å²) >= 11 is 0. The molecule has 0 radical (unpaired) electrons. The van der Waals surface area contributed by atoms with Crippen molar-refractivity contribution < 1.29 is 9.47 Å². The highest BCUT2D eigenvalue weighted by molar-refractivity contribution is 5.71. The third kappa shape index (κ3) is 7.35. The van der Waals surface area contributed by atoms with Crippen LogP contribution >= 0.6 is 0 Å². The topological polar surface area (TPSA) is 93.1 Å². The number of hydrogen-bond acceptors (Lipinski definition) is 6. The highest BCUT2D eigenvalue weighted by atomic mass is 16.5. The van der Waals surface area contributed by atoms with Gasteiger partial charge in [0.25, 0.3) is 0 Å². The van der Waals surface area contributed by atoms with E-state index in [0.29, 0.717) is 11.5 Å². The van der Waals surface area contributed by atoms with Gasteiger partial charge in [-0.15, -0.1) is 0 Å². The Labute approximate surface area is 314 Å². The average molecular weight is 699 g/mol. The van der Waals surface area contributed by atoms with Crippen molar-refractivity contribution in [3.05, 3.63) is 165 Å². The van der Waals surface area contributed by atoms with E-state index >= 15 is 0 Å². The smallest absolute Gasteiger partial charge is 0.172 e. The maximum Gasteiger partial charge on any atom is 0.172 e. The molecule has 6 nitrogen and oxygen atoms in total. The van der Waals surface area contributed by atoms with Crippen molar-refractivity contribution >= 4 is 5.69 Å². The van der Waals surface area contributed by atoms with Gasteiger partial charge in [-0.05, 0) is 84.6 Å². The zero-order valence-electron chi connectivity index (χ0n) is 31.7. The molecule has 1 unspecified atom stereocenters. The zero-order chi connectivity index (χ0) is 38.0. The quantitative estimate of drug-likeness (QED) is 0.228. The Balaban J connectivity index is 1.53. The number of fused-ring (bicyclic) bond motifs is 1. The van der Waals surface area contributed by atoms with Crippen molar-refractivity contribution in [2.75, 3.05) is 4.90 Å². The zero-order valence-corrected chi connectivity index (χ0v) is 31.7. The largest absolute Gasteiger partial charge is 0.480 e. The number of anilines is 1. The first-order chi connectivity index (χ1) is 25.3. The Morgan fingerprint density at radius 3 is 2.13 bits per heavy atom. The van der Waals surface area contributed by atoms with Crippen LogP contribution in [0.3, 0.4) is 0 Å². The van der Waals surface area contributed by atoms with Crippen LogP contribution in [0.25, 0.3) is 0 Å². The Morgan fingerprint density at radius 2 is 1.49 bits per heavy atom. The number of hydrogen-bond donors (Lipinski definition) is 0. The van der Waals surface area contributed by atoms with Gasteiger partial charge in [0.1, 0.15) is 40.9 Å². The van der Waals surface area contributed by atoms with Gasteiger partial charge < -0.3 is 14.4 Å². The van der Waals surface area contributed by atoms with Crippen LogP contribution in [0.2, 0.25) is 0 Å². The molecule has 1 atom stereocenters. The average Bonchev–Trinajstić information content (AvgIpc) is 3.52. The molecule has 6 heteroatoms. The van der Waals surface area contributed by atoms with Gasteiger partial charge in [-0.25, -0.2) is 0 Å². The van der Waals surface area contributed by atoms with Gasteiger partial charge in [0.15, 0.2) is 11.3 Å². The molecular weight excluding hydrogens is 653 g/mol. The highest BCUT2D eigenvalue weighted by Crippen LogP contribution is 2.49. The van der Waals surface area contributed by atoms with Crippen LogP contribution in [0, 0.1) is 45.3 Å². The molecule has 0 saturated carbocycles. The molecule has 3 aromatic rings. The monoisotopic (exact) mass is 698 g/mol. The fraction of sp³-hybridized carbons (Fsp3) is 0.298. The molecule has 0 fully saturated rings. The van der Waals surface area contributed by atoms with Gasteiger partial charge in [0, 0.05) is 28.9 Å². The van der Waals surface area contributed by atoms with Gasteiger partial charge in [-0.3, -0.25) is 0 Å². The fourth-order valence-electron chi connectivity index (χ4n) is 7.55. The number of nitrogens with zero attached hydrogens (tertiary/aromatic N) is 4. The van der Waals surface area contributed by atoms with E-state index < -0.39 is 5.60 Å². The molecule has 0 saturated heterocycles. The molecule has 0 spiro atoms. The van der Waals surface area contributed by atoms with E-state index in [4.69, 9.17) is 9.47 Å². The van der Waals surface area contributed by atoms with Gasteiger partial charge in [-0.1, -0.05) is 120 Å². The molecule has 2 heterocycles. The summed E-state index contributed by atoms with van der Waals surface area (Å²) in [5.41, 5.74) is 6.46. The van der Waals surface area contributed by atoms with Crippen molar-refractivity contribution in [2.45, 2.75) is 78.9 Å². The lowest BCUT2D eigenvalue weighted by Gasteiger charge is -2.36. The number of rotatable bonds is 7. The Hall–Kier alpha value is -6.03. The molecule has 0 aromatic heterocycles. The first-order valence-electron chi connectivity index (χ1n) is 18.1. The second kappa shape index (κ2) is 14.5. The molecule has 6 rings (SSSR count). The van der Waals surface area contributed by atoms with Crippen molar-refractivity contribution in [1.82, 2.24) is 0 Å². The summed E-state index contributed by atoms with van der Waals surface area (Å²) in [6.45, 7) is 15.9. The van der Waals surface area contributed by atoms with Crippen LogP contribution in [0.4, 0.5) is 5.69 Å². The van der Waals surface area contributed by atoms with Crippen LogP contribution in [-0.2, 0) is 16.7 Å². The van der Waals surface area contributed by atoms with Crippen molar-refractivity contribution in [1.29, 1.82) is 15.8 Å². The summed E-state index contributed by atoms with van der Waals surface area (Å²) in [5.74, 6) is 1.84. The molecule has 0 bridgehead atoms. The van der Waals surface area contributed by atoms with Gasteiger partial charge >= 0.3 is 0 Å². The summed E-state index contributed by atoms with van der Waals surface area (Å²) in [6, 6.07) is 35.1. The number of benzene rings is 3. The van der Waals surface area contributed by atoms with Crippen LogP contribution in [-0.4, -0.2) is 5.60 Å². The third-order valence-corrected chi connectivity index (χ3v) is 10.6. The molecule has 1 aliphatic carbocycles. The highest BCUT2D eigenvalue weighted by Gasteiger charge is 2.41. The maximum absolute atomic E-state index is 10.2. The SMILES string of the molecule is CC1(C)OC(=C(C#N)C#N)C(C#N)=C1C=CC1=C(Oc2ccccc2)C(=CC=C2N(Cc3ccccc3)c3ccccc3C2(C)C)CC(C(C)(C)C)C1. The standard InChI is InChI=1S/C47H46N4O2/c1-45(2,3)36-26-33(22-24-39-38(30-50)44(35(28-48)29-49)53-47(39,6)7)43(52-37-18-12-9-13-19-37)34(27-36)23-25-42-46(4,5)40-20-14-15-21-41(40)51(42)31-32-16-10-8-11-17-32/h8-25,36H,26-27,31H2,1-7H3. The van der Waals surface area contributed by atoms with Crippen molar-refractivity contribution in [2.24, 2.45) is 11.3 Å². The van der Waals surface area contributed by atoms with Gasteiger partial charge in [-0.2, -0.15) is 15.8 Å². The molecule has 3 aromatic carbocycles. The number of nitriles is 3. The summed E-state index contributed by atoms with van der Waals surface area (Å²) in [4.78, 5) is 2.44. The first-order valence-corrected chi connectivity index (χ1v) is 18.1. The van der Waals surface area contributed by atoms with E-state index in [1.165, 1.54) is 22.5 Å². The van der Waals surface area contributed by atoms with Gasteiger partial charge in [0.2, 0.25) is 0 Å². The number of ether oxygens (including phenoxy) is 2. The number of para-hydroxylation sites is 2. The predicted octanol–water partition coefficient (Wildman–Crippen LogP) is 11.1. The lowest BCUT2D eigenvalue weighted by molar-refractivity contribution is 0.0954. The van der Waals surface area contributed by atoms with Crippen LogP contribution in [0.5, 0.6) is 5.75 Å². The summed E-state index contributed by atoms with van der Waals surface area (Å²) in [7, 11) is 0. The number of allylic oxidation sites excluding steroid dienone is 8. The minimum absolute atomic E-state index is 0.0109. The van der Waals surface area contributed by atoms with E-state index in [-0.39, 0.29) is 27.7 Å². The first kappa shape index (κ1) is 36.8. The van der Waals surface area contributed by atoms with Crippen LogP contribution < -0.4 is 9.64 Å². The van der Waals surface area contributed by atoms with Crippen LogP contribution in [0.15, 0.2) is 154 Å². The van der Waals surface area contributed by atoms with Crippen molar-refractivity contribution in [3.63, 3.8) is 0 Å². The van der Waals surface area contributed by atoms with E-state index in [2.05, 4.69) is 112 Å². The summed E-state index contributed by atoms with van der Waals surface area (Å²) in [5, 5.41) is 29.4. The third-order valence-electron chi connectivity index (χ3n) is 10.6. The Morgan fingerprint density at radius 1 is 0.849 bits per heavy atom. The summed E-state index contributed by atoms with van der Waals surface area (Å²) in [6.07, 6.45) is 10.1. The fourth-order valence-corrected chi connectivity index (χ4v) is 7.55. The molecule has 266 valence electrons. The lowest BCUT2D eigenvalue weighted by atomic mass is 9.70. The second-order valence-corrected chi connectivity index (χ2v) is 16.0. The second-order valence-electron chi connectivity index (χ2n) is 16.0. The molecule has 2 aliphatic heterocycles. The van der Waals surface area contributed by atoms with E-state index in [0.717, 1.165) is 42.0 Å². The van der Waals surface area contributed by atoms with Crippen LogP contribution in [0.1, 0.15) is 72.4 Å². The Kier molecular flexibility index (Phi) is 10.1. The minimum Gasteiger partial charge on any atom is -0.480 e. The molecular formula is C47H46N4O2. The molecule has 3 aliphatic rings. The van der Waals surface area contributed by atoms with E-state index in [9.17, 15) is 15.8 Å². The predicted molar refractivity (Wildman–Crippen MR) is 210 cm³/mol. The van der Waals surface area contributed by atoms with Gasteiger partial charge in [0.05, 0.1) is 0 Å². The Bertz CT molecular complexity index is 2200. The van der Waals surface area contributed by atoms with E-state index in [1.807, 2.05) is 68.5 Å². The minimum atomic E-state index is -0.927.